The van der Waals surface area contributed by atoms with E-state index in [4.69, 9.17) is 37.0 Å². The van der Waals surface area contributed by atoms with Crippen molar-refractivity contribution in [2.75, 3.05) is 39.6 Å². The highest BCUT2D eigenvalue weighted by molar-refractivity contribution is 7.47. The normalized spacial score (nSPS) is 14.2. The Labute approximate surface area is 651 Å². The molecule has 3 N–H and O–H groups in total. The summed E-state index contributed by atoms with van der Waals surface area (Å²) in [6.07, 6.45) is 65.3. The minimum Gasteiger partial charge on any atom is -0.462 e. The van der Waals surface area contributed by atoms with Crippen molar-refractivity contribution < 1.29 is 80.2 Å². The van der Waals surface area contributed by atoms with Crippen molar-refractivity contribution >= 4 is 39.5 Å². The lowest BCUT2D eigenvalue weighted by atomic mass is 10.00. The molecule has 0 fully saturated rings. The fourth-order valence-corrected chi connectivity index (χ4v) is 15.0. The van der Waals surface area contributed by atoms with Crippen LogP contribution in [0.25, 0.3) is 0 Å². The van der Waals surface area contributed by atoms with E-state index in [9.17, 15) is 43.2 Å². The fraction of sp³-hybridized carbons (Fsp3) is 0.954. The van der Waals surface area contributed by atoms with Crippen LogP contribution in [0.2, 0.25) is 0 Å². The highest BCUT2D eigenvalue weighted by Crippen LogP contribution is 2.45. The molecule has 0 spiro atoms. The van der Waals surface area contributed by atoms with Crippen LogP contribution >= 0.6 is 15.6 Å². The first-order valence-electron chi connectivity index (χ1n) is 44.7. The second-order valence-electron chi connectivity index (χ2n) is 33.0. The van der Waals surface area contributed by atoms with Gasteiger partial charge in [0, 0.05) is 25.7 Å². The molecule has 106 heavy (non-hydrogen) atoms. The molecule has 0 aliphatic heterocycles. The van der Waals surface area contributed by atoms with Crippen LogP contribution < -0.4 is 0 Å². The molecule has 3 unspecified atom stereocenters. The molecule has 0 aromatic rings. The quantitative estimate of drug-likeness (QED) is 0.0222. The number of aliphatic hydroxyl groups excluding tert-OH is 1. The summed E-state index contributed by atoms with van der Waals surface area (Å²) in [6, 6.07) is 0. The predicted octanol–water partition coefficient (Wildman–Crippen LogP) is 26.3. The molecule has 0 radical (unpaired) electrons. The van der Waals surface area contributed by atoms with Gasteiger partial charge in [0.2, 0.25) is 0 Å². The number of hydrogen-bond donors (Lipinski definition) is 3. The summed E-state index contributed by atoms with van der Waals surface area (Å²) < 4.78 is 68.9. The van der Waals surface area contributed by atoms with Gasteiger partial charge in [0.25, 0.3) is 0 Å². The minimum absolute atomic E-state index is 0.106. The Hall–Kier alpha value is -1.94. The van der Waals surface area contributed by atoms with Gasteiger partial charge in [0.05, 0.1) is 26.4 Å². The number of hydrogen-bond acceptors (Lipinski definition) is 15. The summed E-state index contributed by atoms with van der Waals surface area (Å²) in [5.41, 5.74) is 0. The molecule has 0 aromatic heterocycles. The highest BCUT2D eigenvalue weighted by atomic mass is 31.2. The maximum Gasteiger partial charge on any atom is 0.472 e. The van der Waals surface area contributed by atoms with Gasteiger partial charge in [-0.1, -0.05) is 402 Å². The van der Waals surface area contributed by atoms with E-state index in [1.807, 2.05) is 0 Å². The number of unbranched alkanes of at least 4 members (excludes halogenated alkanes) is 49. The number of ether oxygens (including phenoxy) is 4. The van der Waals surface area contributed by atoms with Gasteiger partial charge in [-0.25, -0.2) is 9.13 Å². The standard InChI is InChI=1S/C87H170O17P2/c1-9-80(8)66-58-50-45-46-52-60-68-85(90)98-74-83(104-87(92)70-62-54-44-38-32-26-20-19-23-29-35-41-49-57-65-79(6)7)76-102-106(95,96)100-72-81(88)71-99-105(93,94)101-75-82(103-86(91)69-61-53-43-37-31-25-18-14-16-22-28-34-40-48-56-64-78(4)5)73-97-84(89)67-59-51-42-36-30-24-17-13-11-10-12-15-21-27-33-39-47-55-63-77(2)3/h77-83,88H,9-76H2,1-8H3,(H,93,94)(H,95,96)/t80?,81-,82-,83-/m1/s1. The molecule has 0 saturated carbocycles. The Kier molecular flexibility index (Phi) is 74.3. The maximum atomic E-state index is 13.2. The number of carbonyl (C=O) groups excluding carboxylic acids is 4. The number of esters is 4. The molecule has 0 bridgehead atoms. The van der Waals surface area contributed by atoms with E-state index in [2.05, 4.69) is 55.4 Å². The Morgan fingerprint density at radius 1 is 0.264 bits per heavy atom. The first-order valence-corrected chi connectivity index (χ1v) is 47.7. The lowest BCUT2D eigenvalue weighted by Gasteiger charge is -2.21. The van der Waals surface area contributed by atoms with Crippen LogP contribution in [-0.2, 0) is 65.4 Å². The van der Waals surface area contributed by atoms with Gasteiger partial charge < -0.3 is 33.8 Å². The number of phosphoric acid groups is 2. The number of phosphoric ester groups is 2. The van der Waals surface area contributed by atoms with Crippen molar-refractivity contribution in [2.45, 2.75) is 472 Å². The van der Waals surface area contributed by atoms with Crippen LogP contribution in [0.5, 0.6) is 0 Å². The fourth-order valence-electron chi connectivity index (χ4n) is 13.5. The van der Waals surface area contributed by atoms with E-state index in [-0.39, 0.29) is 25.7 Å². The topological polar surface area (TPSA) is 237 Å². The van der Waals surface area contributed by atoms with E-state index in [0.29, 0.717) is 25.7 Å². The average Bonchev–Trinajstić information content (AvgIpc) is 0.900. The van der Waals surface area contributed by atoms with Gasteiger partial charge in [-0.05, 0) is 49.4 Å². The molecule has 6 atom stereocenters. The SMILES string of the molecule is CCC(C)CCCCCCCCC(=O)OC[C@H](COP(=O)(O)OC[C@H](O)COP(=O)(O)OC[C@@H](COC(=O)CCCCCCCCCCCCCCCCCCCCC(C)C)OC(=O)CCCCCCCCCCCCCCCCCC(C)C)OC(=O)CCCCCCCCCCCCCCCCC(C)C. The van der Waals surface area contributed by atoms with Gasteiger partial charge >= 0.3 is 39.5 Å². The molecular formula is C87H170O17P2. The van der Waals surface area contributed by atoms with Gasteiger partial charge in [-0.15, -0.1) is 0 Å². The first kappa shape index (κ1) is 104. The van der Waals surface area contributed by atoms with Crippen molar-refractivity contribution in [3.63, 3.8) is 0 Å². The molecule has 0 saturated heterocycles. The van der Waals surface area contributed by atoms with Crippen LogP contribution in [0, 0.1) is 23.7 Å². The Morgan fingerprint density at radius 3 is 0.670 bits per heavy atom. The molecule has 0 aliphatic rings. The van der Waals surface area contributed by atoms with E-state index < -0.39 is 97.5 Å². The summed E-state index contributed by atoms with van der Waals surface area (Å²) in [5, 5.41) is 10.7. The van der Waals surface area contributed by atoms with Crippen molar-refractivity contribution in [2.24, 2.45) is 23.7 Å². The zero-order valence-electron chi connectivity index (χ0n) is 70.1. The first-order chi connectivity index (χ1) is 51.1. The van der Waals surface area contributed by atoms with Crippen LogP contribution in [0.3, 0.4) is 0 Å². The molecule has 0 amide bonds. The summed E-state index contributed by atoms with van der Waals surface area (Å²) >= 11 is 0. The zero-order chi connectivity index (χ0) is 78.1. The summed E-state index contributed by atoms with van der Waals surface area (Å²) in [5.74, 6) is 1.04. The highest BCUT2D eigenvalue weighted by Gasteiger charge is 2.31. The van der Waals surface area contributed by atoms with Crippen molar-refractivity contribution in [3.05, 3.63) is 0 Å². The van der Waals surface area contributed by atoms with E-state index in [1.165, 1.54) is 250 Å². The van der Waals surface area contributed by atoms with Gasteiger partial charge in [-0.2, -0.15) is 0 Å². The zero-order valence-corrected chi connectivity index (χ0v) is 71.9. The smallest absolute Gasteiger partial charge is 0.462 e. The third kappa shape index (κ3) is 78.7. The number of aliphatic hydroxyl groups is 1. The molecule has 19 heteroatoms. The van der Waals surface area contributed by atoms with Crippen LogP contribution in [0.1, 0.15) is 453 Å². The summed E-state index contributed by atoms with van der Waals surface area (Å²) in [4.78, 5) is 73.2. The molecule has 17 nitrogen and oxygen atoms in total. The lowest BCUT2D eigenvalue weighted by Crippen LogP contribution is -2.30. The second-order valence-corrected chi connectivity index (χ2v) is 35.9. The Morgan fingerprint density at radius 2 is 0.453 bits per heavy atom. The Bertz CT molecular complexity index is 2060. The molecule has 0 heterocycles. The van der Waals surface area contributed by atoms with E-state index in [0.717, 1.165) is 120 Å². The predicted molar refractivity (Wildman–Crippen MR) is 437 cm³/mol. The van der Waals surface area contributed by atoms with Crippen molar-refractivity contribution in [1.29, 1.82) is 0 Å². The largest absolute Gasteiger partial charge is 0.472 e. The third-order valence-corrected chi connectivity index (χ3v) is 22.6. The van der Waals surface area contributed by atoms with Gasteiger partial charge in [0.15, 0.2) is 12.2 Å². The van der Waals surface area contributed by atoms with Crippen molar-refractivity contribution in [3.8, 4) is 0 Å². The van der Waals surface area contributed by atoms with E-state index in [1.54, 1.807) is 0 Å². The summed E-state index contributed by atoms with van der Waals surface area (Å²) in [6.45, 7) is 14.3. The molecule has 0 aromatic carbocycles. The van der Waals surface area contributed by atoms with Crippen LogP contribution in [0.4, 0.5) is 0 Å². The number of carbonyl (C=O) groups is 4. The lowest BCUT2D eigenvalue weighted by molar-refractivity contribution is -0.161. The second kappa shape index (κ2) is 75.7. The number of rotatable bonds is 84. The summed E-state index contributed by atoms with van der Waals surface area (Å²) in [7, 11) is -9.93. The Balaban J connectivity index is 5.23. The van der Waals surface area contributed by atoms with Crippen molar-refractivity contribution in [1.82, 2.24) is 0 Å². The molecule has 0 rings (SSSR count). The molecular weight excluding hydrogens is 1380 g/mol. The van der Waals surface area contributed by atoms with E-state index >= 15 is 0 Å². The molecule has 0 aliphatic carbocycles. The van der Waals surface area contributed by atoms with Gasteiger partial charge in [-0.3, -0.25) is 37.3 Å². The van der Waals surface area contributed by atoms with Crippen LogP contribution in [0.15, 0.2) is 0 Å². The average molecular weight is 1550 g/mol. The third-order valence-electron chi connectivity index (χ3n) is 20.7. The molecule has 630 valence electrons. The monoisotopic (exact) mass is 1550 g/mol. The minimum atomic E-state index is -4.97. The maximum absolute atomic E-state index is 13.2. The van der Waals surface area contributed by atoms with Gasteiger partial charge in [0.1, 0.15) is 19.3 Å². The van der Waals surface area contributed by atoms with Crippen LogP contribution in [-0.4, -0.2) is 96.7 Å².